The van der Waals surface area contributed by atoms with Crippen LogP contribution in [0.15, 0.2) is 48.8 Å². The van der Waals surface area contributed by atoms with E-state index in [1.165, 1.54) is 12.0 Å². The van der Waals surface area contributed by atoms with Crippen LogP contribution < -0.4 is 10.2 Å². The Morgan fingerprint density at radius 1 is 0.971 bits per heavy atom. The Bertz CT molecular complexity index is 1170. The summed E-state index contributed by atoms with van der Waals surface area (Å²) >= 11 is 0. The third-order valence-corrected chi connectivity index (χ3v) is 8.01. The number of nitrogens with zero attached hydrogens (tertiary/aromatic N) is 4. The molecule has 178 valence electrons. The van der Waals surface area contributed by atoms with Crippen LogP contribution in [0.3, 0.4) is 0 Å². The third kappa shape index (κ3) is 4.01. The zero-order chi connectivity index (χ0) is 23.2. The fraction of sp³-hybridized carbons (Fsp3) is 0.481. The Balaban J connectivity index is 1.20. The maximum absolute atomic E-state index is 15.3. The fourth-order valence-corrected chi connectivity index (χ4v) is 5.56. The number of piperazine rings is 1. The molecule has 34 heavy (non-hydrogen) atoms. The van der Waals surface area contributed by atoms with Gasteiger partial charge in [0.2, 0.25) is 0 Å². The van der Waals surface area contributed by atoms with Crippen LogP contribution >= 0.6 is 0 Å². The molecule has 6 nitrogen and oxygen atoms in total. The number of halogens is 1. The molecule has 0 atom stereocenters. The van der Waals surface area contributed by atoms with Crippen molar-refractivity contribution >= 4 is 17.5 Å². The number of piperidine rings is 1. The molecule has 2 aromatic heterocycles. The van der Waals surface area contributed by atoms with E-state index in [-0.39, 0.29) is 5.41 Å². The van der Waals surface area contributed by atoms with Crippen molar-refractivity contribution in [2.45, 2.75) is 31.4 Å². The number of carbonyl (C=O) groups excluding carboxylic acids is 1. The molecule has 0 amide bonds. The lowest BCUT2D eigenvalue weighted by atomic mass is 9.86. The first-order valence-electron chi connectivity index (χ1n) is 12.5. The second-order valence-electron chi connectivity index (χ2n) is 10.3. The molecule has 3 fully saturated rings. The quantitative estimate of drug-likeness (QED) is 0.568. The van der Waals surface area contributed by atoms with E-state index in [0.717, 1.165) is 80.9 Å². The minimum absolute atomic E-state index is 0.0618. The number of hydrogen-bond acceptors (Lipinski definition) is 5. The van der Waals surface area contributed by atoms with Gasteiger partial charge in [-0.2, -0.15) is 5.10 Å². The zero-order valence-electron chi connectivity index (χ0n) is 19.5. The summed E-state index contributed by atoms with van der Waals surface area (Å²) in [7, 11) is 0. The SMILES string of the molecule is O=CC1(CN2CCN(c3ccnn4cc(-c5ccc(C6(F)CCNCC6)cc5)cc34)CC2)CC1. The van der Waals surface area contributed by atoms with Crippen LogP contribution in [0.4, 0.5) is 10.1 Å². The summed E-state index contributed by atoms with van der Waals surface area (Å²) in [6, 6.07) is 12.2. The van der Waals surface area contributed by atoms with E-state index in [4.69, 9.17) is 0 Å². The van der Waals surface area contributed by atoms with Crippen LogP contribution in [-0.2, 0) is 10.5 Å². The van der Waals surface area contributed by atoms with Gasteiger partial charge in [-0.15, -0.1) is 0 Å². The summed E-state index contributed by atoms with van der Waals surface area (Å²) < 4.78 is 17.3. The van der Waals surface area contributed by atoms with Gasteiger partial charge < -0.3 is 15.0 Å². The number of hydrogen-bond donors (Lipinski definition) is 1. The van der Waals surface area contributed by atoms with Gasteiger partial charge >= 0.3 is 0 Å². The van der Waals surface area contributed by atoms with Gasteiger partial charge in [0, 0.05) is 56.1 Å². The van der Waals surface area contributed by atoms with Crippen LogP contribution in [0, 0.1) is 5.41 Å². The van der Waals surface area contributed by atoms with Gasteiger partial charge in [0.25, 0.3) is 0 Å². The number of alkyl halides is 1. The van der Waals surface area contributed by atoms with Crippen molar-refractivity contribution in [2.24, 2.45) is 5.41 Å². The summed E-state index contributed by atoms with van der Waals surface area (Å²) in [5.41, 5.74) is 3.93. The second-order valence-corrected chi connectivity index (χ2v) is 10.3. The largest absolute Gasteiger partial charge is 0.367 e. The Morgan fingerprint density at radius 2 is 1.71 bits per heavy atom. The standard InChI is InChI=1S/C27H32FN5O/c28-27(8-11-29-12-9-27)23-3-1-21(2-4-23)22-17-25-24(5-10-30-33(25)18-22)32-15-13-31(14-16-32)19-26(20-34)6-7-26/h1-5,10,17-18,20,29H,6-9,11-16,19H2. The van der Waals surface area contributed by atoms with E-state index in [1.54, 1.807) is 0 Å². The molecule has 0 unspecified atom stereocenters. The predicted molar refractivity (Wildman–Crippen MR) is 132 cm³/mol. The summed E-state index contributed by atoms with van der Waals surface area (Å²) in [5, 5.41) is 7.78. The van der Waals surface area contributed by atoms with Crippen LogP contribution in [0.2, 0.25) is 0 Å². The van der Waals surface area contributed by atoms with Gasteiger partial charge in [0.1, 0.15) is 12.0 Å². The maximum Gasteiger partial charge on any atom is 0.138 e. The van der Waals surface area contributed by atoms with Crippen LogP contribution in [0.5, 0.6) is 0 Å². The number of anilines is 1. The Kier molecular flexibility index (Phi) is 5.41. The van der Waals surface area contributed by atoms with Crippen molar-refractivity contribution < 1.29 is 9.18 Å². The second kappa shape index (κ2) is 8.47. The Morgan fingerprint density at radius 3 is 2.38 bits per heavy atom. The molecule has 0 bridgehead atoms. The van der Waals surface area contributed by atoms with Crippen LogP contribution in [0.1, 0.15) is 31.2 Å². The van der Waals surface area contributed by atoms with E-state index < -0.39 is 5.67 Å². The first kappa shape index (κ1) is 21.7. The minimum atomic E-state index is -1.23. The molecule has 1 saturated carbocycles. The van der Waals surface area contributed by atoms with Gasteiger partial charge in [0.05, 0.1) is 11.2 Å². The smallest absolute Gasteiger partial charge is 0.138 e. The van der Waals surface area contributed by atoms with E-state index in [1.807, 2.05) is 35.0 Å². The molecule has 0 spiro atoms. The highest BCUT2D eigenvalue weighted by Gasteiger charge is 2.44. The number of nitrogens with one attached hydrogen (secondary N) is 1. The number of aldehydes is 1. The zero-order valence-corrected chi connectivity index (χ0v) is 19.5. The van der Waals surface area contributed by atoms with Crippen LogP contribution in [-0.4, -0.2) is 66.6 Å². The number of carbonyl (C=O) groups is 1. The summed E-state index contributed by atoms with van der Waals surface area (Å²) in [6.45, 7) is 6.18. The molecular weight excluding hydrogens is 429 g/mol. The van der Waals surface area contributed by atoms with Crippen molar-refractivity contribution in [1.82, 2.24) is 19.8 Å². The maximum atomic E-state index is 15.3. The molecule has 2 saturated heterocycles. The normalized spacial score (nSPS) is 22.1. The molecule has 4 heterocycles. The fourth-order valence-electron chi connectivity index (χ4n) is 5.56. The lowest BCUT2D eigenvalue weighted by molar-refractivity contribution is -0.112. The van der Waals surface area contributed by atoms with E-state index >= 15 is 4.39 Å². The highest BCUT2D eigenvalue weighted by atomic mass is 19.1. The molecule has 6 rings (SSSR count). The lowest BCUT2D eigenvalue weighted by Crippen LogP contribution is -2.48. The Labute approximate surface area is 199 Å². The molecule has 3 aliphatic rings. The van der Waals surface area contributed by atoms with Crippen molar-refractivity contribution in [1.29, 1.82) is 0 Å². The summed E-state index contributed by atoms with van der Waals surface area (Å²) in [5.74, 6) is 0. The molecule has 0 radical (unpaired) electrons. The minimum Gasteiger partial charge on any atom is -0.367 e. The van der Waals surface area contributed by atoms with Gasteiger partial charge in [-0.25, -0.2) is 8.91 Å². The molecule has 3 aromatic rings. The monoisotopic (exact) mass is 461 g/mol. The Hall–Kier alpha value is -2.77. The molecule has 1 aliphatic carbocycles. The predicted octanol–water partition coefficient (Wildman–Crippen LogP) is 3.65. The number of fused-ring (bicyclic) bond motifs is 1. The van der Waals surface area contributed by atoms with Crippen molar-refractivity contribution in [3.63, 3.8) is 0 Å². The average molecular weight is 462 g/mol. The number of aromatic nitrogens is 2. The van der Waals surface area contributed by atoms with Crippen molar-refractivity contribution in [3.05, 3.63) is 54.4 Å². The van der Waals surface area contributed by atoms with Gasteiger partial charge in [-0.3, -0.25) is 4.90 Å². The van der Waals surface area contributed by atoms with E-state index in [9.17, 15) is 4.79 Å². The average Bonchev–Trinajstić information content (AvgIpc) is 3.51. The van der Waals surface area contributed by atoms with Gasteiger partial charge in [-0.05, 0) is 62.0 Å². The lowest BCUT2D eigenvalue weighted by Gasteiger charge is -2.37. The van der Waals surface area contributed by atoms with Crippen molar-refractivity contribution in [3.8, 4) is 11.1 Å². The molecule has 7 heteroatoms. The number of rotatable bonds is 6. The van der Waals surface area contributed by atoms with E-state index in [2.05, 4.69) is 38.5 Å². The van der Waals surface area contributed by atoms with Crippen molar-refractivity contribution in [2.75, 3.05) is 50.7 Å². The van der Waals surface area contributed by atoms with Gasteiger partial charge in [0.15, 0.2) is 0 Å². The molecule has 1 aromatic carbocycles. The summed E-state index contributed by atoms with van der Waals surface area (Å²) in [6.07, 6.45) is 8.22. The highest BCUT2D eigenvalue weighted by molar-refractivity contribution is 5.80. The molecule has 1 N–H and O–H groups in total. The molecular formula is C27H32FN5O. The highest BCUT2D eigenvalue weighted by Crippen LogP contribution is 2.44. The van der Waals surface area contributed by atoms with Gasteiger partial charge in [-0.1, -0.05) is 24.3 Å². The topological polar surface area (TPSA) is 52.9 Å². The van der Waals surface area contributed by atoms with Crippen LogP contribution in [0.25, 0.3) is 16.6 Å². The third-order valence-electron chi connectivity index (χ3n) is 8.01. The number of benzene rings is 1. The molecule has 2 aliphatic heterocycles. The first-order chi connectivity index (χ1) is 16.6. The summed E-state index contributed by atoms with van der Waals surface area (Å²) in [4.78, 5) is 16.2. The first-order valence-corrected chi connectivity index (χ1v) is 12.5. The van der Waals surface area contributed by atoms with E-state index in [0.29, 0.717) is 12.8 Å².